The van der Waals surface area contributed by atoms with Crippen LogP contribution in [0, 0.1) is 5.41 Å². The number of amides is 2. The van der Waals surface area contributed by atoms with Gasteiger partial charge in [0.25, 0.3) is 0 Å². The molecule has 2 amide bonds. The molecule has 92 valence electrons. The van der Waals surface area contributed by atoms with Gasteiger partial charge in [0.15, 0.2) is 0 Å². The average molecular weight is 228 g/mol. The smallest absolute Gasteiger partial charge is 0.317 e. The molecule has 1 aliphatic rings. The highest BCUT2D eigenvalue weighted by molar-refractivity contribution is 5.79. The number of ether oxygens (including phenoxy) is 1. The quantitative estimate of drug-likeness (QED) is 0.472. The minimum Gasteiger partial charge on any atom is -0.388 e. The summed E-state index contributed by atoms with van der Waals surface area (Å²) in [5.41, 5.74) is 5.30. The van der Waals surface area contributed by atoms with Crippen molar-refractivity contribution in [3.05, 3.63) is 0 Å². The number of nitrogens with two attached hydrogens (primary N) is 1. The Balaban J connectivity index is 2.36. The van der Waals surface area contributed by atoms with Crippen molar-refractivity contribution in [2.75, 3.05) is 20.3 Å². The molecular weight excluding hydrogens is 208 g/mol. The SMILES string of the molecule is CC(CC(=N)N)N(C)C(=O)NC1CCOC1. The first-order valence-corrected chi connectivity index (χ1v) is 5.44. The van der Waals surface area contributed by atoms with Gasteiger partial charge in [-0.3, -0.25) is 5.41 Å². The zero-order valence-electron chi connectivity index (χ0n) is 9.82. The molecule has 0 aromatic heterocycles. The number of rotatable bonds is 4. The maximum atomic E-state index is 11.8. The predicted molar refractivity (Wildman–Crippen MR) is 61.5 cm³/mol. The summed E-state index contributed by atoms with van der Waals surface area (Å²) in [5, 5.41) is 10.1. The Bertz CT molecular complexity index is 264. The average Bonchev–Trinajstić information content (AvgIpc) is 2.68. The summed E-state index contributed by atoms with van der Waals surface area (Å²) in [6.07, 6.45) is 1.26. The highest BCUT2D eigenvalue weighted by Crippen LogP contribution is 2.06. The summed E-state index contributed by atoms with van der Waals surface area (Å²) in [4.78, 5) is 13.3. The number of hydrogen-bond acceptors (Lipinski definition) is 3. The molecule has 0 aliphatic carbocycles. The van der Waals surface area contributed by atoms with E-state index in [1.807, 2.05) is 6.92 Å². The van der Waals surface area contributed by atoms with Crippen LogP contribution in [0.5, 0.6) is 0 Å². The van der Waals surface area contributed by atoms with E-state index in [4.69, 9.17) is 15.9 Å². The molecular formula is C10H20N4O2. The standard InChI is InChI=1S/C10H20N4O2/c1-7(5-9(11)12)14(2)10(15)13-8-3-4-16-6-8/h7-8H,3-6H2,1-2H3,(H3,11,12)(H,13,15). The molecule has 0 aromatic carbocycles. The summed E-state index contributed by atoms with van der Waals surface area (Å²) in [6.45, 7) is 3.16. The van der Waals surface area contributed by atoms with E-state index in [9.17, 15) is 4.79 Å². The third-order valence-electron chi connectivity index (χ3n) is 2.75. The molecule has 2 unspecified atom stereocenters. The fraction of sp³-hybridized carbons (Fsp3) is 0.800. The second kappa shape index (κ2) is 5.69. The van der Waals surface area contributed by atoms with Crippen molar-refractivity contribution in [2.24, 2.45) is 5.73 Å². The minimum atomic E-state index is -0.135. The Morgan fingerprint density at radius 1 is 1.75 bits per heavy atom. The van der Waals surface area contributed by atoms with Crippen LogP contribution in [0.15, 0.2) is 0 Å². The molecule has 1 aliphatic heterocycles. The molecule has 6 nitrogen and oxygen atoms in total. The van der Waals surface area contributed by atoms with Crippen LogP contribution >= 0.6 is 0 Å². The maximum Gasteiger partial charge on any atom is 0.317 e. The van der Waals surface area contributed by atoms with E-state index in [1.165, 1.54) is 0 Å². The number of nitrogens with one attached hydrogen (secondary N) is 2. The first kappa shape index (κ1) is 12.8. The second-order valence-electron chi connectivity index (χ2n) is 4.20. The summed E-state index contributed by atoms with van der Waals surface area (Å²) in [7, 11) is 1.71. The van der Waals surface area contributed by atoms with Gasteiger partial charge in [-0.1, -0.05) is 0 Å². The van der Waals surface area contributed by atoms with E-state index < -0.39 is 0 Å². The van der Waals surface area contributed by atoms with Crippen molar-refractivity contribution < 1.29 is 9.53 Å². The fourth-order valence-corrected chi connectivity index (χ4v) is 1.58. The van der Waals surface area contributed by atoms with Gasteiger partial charge in [0.2, 0.25) is 0 Å². The Morgan fingerprint density at radius 2 is 2.44 bits per heavy atom. The van der Waals surface area contributed by atoms with Gasteiger partial charge in [-0.15, -0.1) is 0 Å². The Labute approximate surface area is 95.6 Å². The molecule has 0 aromatic rings. The van der Waals surface area contributed by atoms with Gasteiger partial charge in [-0.05, 0) is 13.3 Å². The largest absolute Gasteiger partial charge is 0.388 e. The summed E-state index contributed by atoms with van der Waals surface area (Å²) >= 11 is 0. The van der Waals surface area contributed by atoms with E-state index in [1.54, 1.807) is 11.9 Å². The highest BCUT2D eigenvalue weighted by Gasteiger charge is 2.22. The van der Waals surface area contributed by atoms with Crippen molar-refractivity contribution in [3.63, 3.8) is 0 Å². The molecule has 0 saturated carbocycles. The van der Waals surface area contributed by atoms with Gasteiger partial charge in [0.1, 0.15) is 0 Å². The highest BCUT2D eigenvalue weighted by atomic mass is 16.5. The fourth-order valence-electron chi connectivity index (χ4n) is 1.58. The number of carbonyl (C=O) groups excluding carboxylic acids is 1. The van der Waals surface area contributed by atoms with E-state index in [0.717, 1.165) is 6.42 Å². The minimum absolute atomic E-state index is 0.0696. The molecule has 2 atom stereocenters. The number of hydrogen-bond donors (Lipinski definition) is 3. The number of urea groups is 1. The van der Waals surface area contributed by atoms with E-state index in [0.29, 0.717) is 19.6 Å². The zero-order valence-corrected chi connectivity index (χ0v) is 9.82. The molecule has 6 heteroatoms. The van der Waals surface area contributed by atoms with E-state index in [-0.39, 0.29) is 24.0 Å². The van der Waals surface area contributed by atoms with Crippen LogP contribution in [0.25, 0.3) is 0 Å². The normalized spacial score (nSPS) is 21.5. The Hall–Kier alpha value is -1.30. The summed E-state index contributed by atoms with van der Waals surface area (Å²) in [5.74, 6) is 0.0938. The molecule has 1 saturated heterocycles. The first-order valence-electron chi connectivity index (χ1n) is 5.44. The van der Waals surface area contributed by atoms with Crippen molar-refractivity contribution in [1.82, 2.24) is 10.2 Å². The lowest BCUT2D eigenvalue weighted by Gasteiger charge is -2.26. The molecule has 0 radical (unpaired) electrons. The van der Waals surface area contributed by atoms with Crippen LogP contribution in [-0.2, 0) is 4.74 Å². The van der Waals surface area contributed by atoms with Crippen LogP contribution in [0.2, 0.25) is 0 Å². The lowest BCUT2D eigenvalue weighted by molar-refractivity contribution is 0.176. The molecule has 0 bridgehead atoms. The Morgan fingerprint density at radius 3 is 2.94 bits per heavy atom. The van der Waals surface area contributed by atoms with Crippen LogP contribution in [0.1, 0.15) is 19.8 Å². The van der Waals surface area contributed by atoms with Crippen LogP contribution in [-0.4, -0.2) is 49.1 Å². The number of nitrogens with zero attached hydrogens (tertiary/aromatic N) is 1. The second-order valence-corrected chi connectivity index (χ2v) is 4.20. The lowest BCUT2D eigenvalue weighted by atomic mass is 10.2. The molecule has 1 fully saturated rings. The third kappa shape index (κ3) is 3.69. The molecule has 1 rings (SSSR count). The third-order valence-corrected chi connectivity index (χ3v) is 2.75. The van der Waals surface area contributed by atoms with Crippen LogP contribution in [0.3, 0.4) is 0 Å². The first-order chi connectivity index (χ1) is 7.50. The van der Waals surface area contributed by atoms with Crippen LogP contribution < -0.4 is 11.1 Å². The van der Waals surface area contributed by atoms with Gasteiger partial charge in [-0.25, -0.2) is 4.79 Å². The van der Waals surface area contributed by atoms with Crippen LogP contribution in [0.4, 0.5) is 4.79 Å². The van der Waals surface area contributed by atoms with Gasteiger partial charge >= 0.3 is 6.03 Å². The summed E-state index contributed by atoms with van der Waals surface area (Å²) in [6, 6.07) is -0.0939. The predicted octanol–water partition coefficient (Wildman–Crippen LogP) is 0.131. The number of amidine groups is 1. The van der Waals surface area contributed by atoms with Crippen molar-refractivity contribution in [3.8, 4) is 0 Å². The van der Waals surface area contributed by atoms with E-state index in [2.05, 4.69) is 5.32 Å². The lowest BCUT2D eigenvalue weighted by Crippen LogP contribution is -2.47. The van der Waals surface area contributed by atoms with Gasteiger partial charge in [-0.2, -0.15) is 0 Å². The molecule has 0 spiro atoms. The van der Waals surface area contributed by atoms with Gasteiger partial charge < -0.3 is 20.7 Å². The topological polar surface area (TPSA) is 91.4 Å². The molecule has 4 N–H and O–H groups in total. The van der Waals surface area contributed by atoms with Gasteiger partial charge in [0, 0.05) is 26.1 Å². The Kier molecular flexibility index (Phi) is 4.54. The van der Waals surface area contributed by atoms with Crippen molar-refractivity contribution in [2.45, 2.75) is 31.8 Å². The zero-order chi connectivity index (χ0) is 12.1. The summed E-state index contributed by atoms with van der Waals surface area (Å²) < 4.78 is 5.18. The van der Waals surface area contributed by atoms with Crippen molar-refractivity contribution in [1.29, 1.82) is 5.41 Å². The monoisotopic (exact) mass is 228 g/mol. The molecule has 1 heterocycles. The van der Waals surface area contributed by atoms with Gasteiger partial charge in [0.05, 0.1) is 18.5 Å². The van der Waals surface area contributed by atoms with E-state index >= 15 is 0 Å². The maximum absolute atomic E-state index is 11.8. The molecule has 16 heavy (non-hydrogen) atoms. The number of carbonyl (C=O) groups is 1. The van der Waals surface area contributed by atoms with Crippen molar-refractivity contribution >= 4 is 11.9 Å².